The fourth-order valence-corrected chi connectivity index (χ4v) is 3.19. The Balaban J connectivity index is 2.05. The molecule has 0 saturated carbocycles. The first-order chi connectivity index (χ1) is 10.5. The summed E-state index contributed by atoms with van der Waals surface area (Å²) >= 11 is 1.41. The van der Waals surface area contributed by atoms with Gasteiger partial charge in [-0.05, 0) is 32.7 Å². The number of hydrogen-bond acceptors (Lipinski definition) is 4. The van der Waals surface area contributed by atoms with Gasteiger partial charge in [0.25, 0.3) is 5.91 Å². The van der Waals surface area contributed by atoms with E-state index in [4.69, 9.17) is 0 Å². The Bertz CT molecular complexity index is 548. The van der Waals surface area contributed by atoms with E-state index in [9.17, 15) is 9.59 Å². The minimum atomic E-state index is 0.0459. The molecule has 7 heteroatoms. The first kappa shape index (κ1) is 16.7. The first-order valence-electron chi connectivity index (χ1n) is 7.33. The highest BCUT2D eigenvalue weighted by molar-refractivity contribution is 8.13. The smallest absolute Gasteiger partial charge is 0.252 e. The summed E-state index contributed by atoms with van der Waals surface area (Å²) < 4.78 is 0. The summed E-state index contributed by atoms with van der Waals surface area (Å²) in [6.45, 7) is 8.84. The van der Waals surface area contributed by atoms with Gasteiger partial charge in [-0.3, -0.25) is 9.59 Å². The maximum Gasteiger partial charge on any atom is 0.252 e. The van der Waals surface area contributed by atoms with E-state index in [0.29, 0.717) is 30.4 Å². The summed E-state index contributed by atoms with van der Waals surface area (Å²) in [5.74, 6) is 0.150. The van der Waals surface area contributed by atoms with Crippen LogP contribution in [-0.2, 0) is 9.59 Å². The van der Waals surface area contributed by atoms with E-state index < -0.39 is 0 Å². The Morgan fingerprint density at radius 1 is 1.36 bits per heavy atom. The second-order valence-electron chi connectivity index (χ2n) is 5.50. The second kappa shape index (κ2) is 7.09. The Morgan fingerprint density at radius 2 is 2.00 bits per heavy atom. The van der Waals surface area contributed by atoms with E-state index in [1.807, 2.05) is 23.0 Å². The molecule has 0 aromatic heterocycles. The molecule has 2 rings (SSSR count). The fourth-order valence-electron chi connectivity index (χ4n) is 2.86. The van der Waals surface area contributed by atoms with Gasteiger partial charge in [-0.1, -0.05) is 11.8 Å². The van der Waals surface area contributed by atoms with Crippen LogP contribution in [-0.4, -0.2) is 65.4 Å². The van der Waals surface area contributed by atoms with E-state index in [1.54, 1.807) is 6.92 Å². The van der Waals surface area contributed by atoms with Crippen LogP contribution in [0.2, 0.25) is 0 Å². The molecule has 0 atom stereocenters. The highest BCUT2D eigenvalue weighted by atomic mass is 32.2. The van der Waals surface area contributed by atoms with E-state index in [1.165, 1.54) is 11.8 Å². The van der Waals surface area contributed by atoms with Crippen molar-refractivity contribution in [1.82, 2.24) is 9.80 Å². The highest BCUT2D eigenvalue weighted by Crippen LogP contribution is 2.27. The fraction of sp³-hybridized carbons (Fsp3) is 0.600. The SMILES string of the molecule is C=NC(=NC1=C(C)C(=O)N(C2CCN(C(C)=O)CC2)C1)SC. The van der Waals surface area contributed by atoms with Crippen LogP contribution in [0.15, 0.2) is 21.3 Å². The van der Waals surface area contributed by atoms with Gasteiger partial charge < -0.3 is 9.80 Å². The van der Waals surface area contributed by atoms with Crippen LogP contribution in [0, 0.1) is 0 Å². The van der Waals surface area contributed by atoms with Crippen LogP contribution < -0.4 is 0 Å². The van der Waals surface area contributed by atoms with Crippen LogP contribution in [0.5, 0.6) is 0 Å². The molecule has 1 fully saturated rings. The monoisotopic (exact) mass is 322 g/mol. The minimum Gasteiger partial charge on any atom is -0.343 e. The van der Waals surface area contributed by atoms with Gasteiger partial charge in [0.2, 0.25) is 5.91 Å². The molecule has 6 nitrogen and oxygen atoms in total. The lowest BCUT2D eigenvalue weighted by molar-refractivity contribution is -0.132. The highest BCUT2D eigenvalue weighted by Gasteiger charge is 2.35. The van der Waals surface area contributed by atoms with Crippen molar-refractivity contribution in [1.29, 1.82) is 0 Å². The molecule has 2 heterocycles. The molecule has 22 heavy (non-hydrogen) atoms. The number of carbonyl (C=O) groups excluding carboxylic acids is 2. The molecule has 2 aliphatic heterocycles. The molecule has 0 aliphatic carbocycles. The molecule has 120 valence electrons. The summed E-state index contributed by atoms with van der Waals surface area (Å²) in [6, 6.07) is 0.181. The number of amides is 2. The van der Waals surface area contributed by atoms with Gasteiger partial charge in [0.05, 0.1) is 12.2 Å². The zero-order chi connectivity index (χ0) is 16.3. The predicted octanol–water partition coefficient (Wildman–Crippen LogP) is 1.53. The number of amidine groups is 1. The lowest BCUT2D eigenvalue weighted by Crippen LogP contribution is -2.47. The number of thioether (sulfide) groups is 1. The third kappa shape index (κ3) is 3.40. The van der Waals surface area contributed by atoms with E-state index >= 15 is 0 Å². The molecule has 1 saturated heterocycles. The zero-order valence-corrected chi connectivity index (χ0v) is 14.2. The van der Waals surface area contributed by atoms with Gasteiger partial charge in [-0.25, -0.2) is 9.98 Å². The Morgan fingerprint density at radius 3 is 2.50 bits per heavy atom. The molecule has 0 aromatic rings. The van der Waals surface area contributed by atoms with Gasteiger partial charge >= 0.3 is 0 Å². The predicted molar refractivity (Wildman–Crippen MR) is 90.2 cm³/mol. The molecule has 0 unspecified atom stereocenters. The molecule has 0 N–H and O–H groups in total. The van der Waals surface area contributed by atoms with Crippen LogP contribution >= 0.6 is 11.8 Å². The summed E-state index contributed by atoms with van der Waals surface area (Å²) in [4.78, 5) is 35.8. The Kier molecular flexibility index (Phi) is 5.39. The van der Waals surface area contributed by atoms with Gasteiger partial charge in [0.15, 0.2) is 5.17 Å². The third-order valence-corrected chi connectivity index (χ3v) is 4.82. The van der Waals surface area contributed by atoms with Crippen LogP contribution in [0.4, 0.5) is 0 Å². The largest absolute Gasteiger partial charge is 0.343 e. The molecular formula is C15H22N4O2S. The number of rotatable bonds is 2. The summed E-state index contributed by atoms with van der Waals surface area (Å²) in [7, 11) is 0. The number of carbonyl (C=O) groups is 2. The lowest BCUT2D eigenvalue weighted by Gasteiger charge is -2.36. The summed E-state index contributed by atoms with van der Waals surface area (Å²) in [5, 5.41) is 0.579. The van der Waals surface area contributed by atoms with Crippen molar-refractivity contribution in [3.63, 3.8) is 0 Å². The maximum atomic E-state index is 12.5. The van der Waals surface area contributed by atoms with Gasteiger partial charge in [-0.2, -0.15) is 0 Å². The van der Waals surface area contributed by atoms with Crippen molar-refractivity contribution in [3.8, 4) is 0 Å². The van der Waals surface area contributed by atoms with Gasteiger partial charge in [0, 0.05) is 31.6 Å². The second-order valence-corrected chi connectivity index (χ2v) is 6.27. The normalized spacial score (nSPS) is 20.9. The number of aliphatic imine (C=N–C) groups is 2. The Labute approximate surface area is 135 Å². The molecule has 0 bridgehead atoms. The third-order valence-electron chi connectivity index (χ3n) is 4.23. The number of piperidine rings is 1. The van der Waals surface area contributed by atoms with Crippen molar-refractivity contribution in [2.45, 2.75) is 32.7 Å². The molecule has 0 radical (unpaired) electrons. The molecule has 0 aromatic carbocycles. The van der Waals surface area contributed by atoms with Crippen molar-refractivity contribution < 1.29 is 9.59 Å². The average molecular weight is 322 g/mol. The van der Waals surface area contributed by atoms with Gasteiger partial charge in [0.1, 0.15) is 0 Å². The lowest BCUT2D eigenvalue weighted by atomic mass is 10.0. The van der Waals surface area contributed by atoms with Crippen molar-refractivity contribution >= 4 is 35.5 Å². The van der Waals surface area contributed by atoms with Crippen molar-refractivity contribution in [2.24, 2.45) is 9.98 Å². The maximum absolute atomic E-state index is 12.5. The summed E-state index contributed by atoms with van der Waals surface area (Å²) in [5.41, 5.74) is 1.46. The molecular weight excluding hydrogens is 300 g/mol. The van der Waals surface area contributed by atoms with Crippen LogP contribution in [0.25, 0.3) is 0 Å². The van der Waals surface area contributed by atoms with E-state index in [-0.39, 0.29) is 17.9 Å². The van der Waals surface area contributed by atoms with E-state index in [2.05, 4.69) is 16.7 Å². The Hall–Kier alpha value is -1.63. The number of likely N-dealkylation sites (tertiary alicyclic amines) is 1. The van der Waals surface area contributed by atoms with Crippen molar-refractivity contribution in [3.05, 3.63) is 11.3 Å². The average Bonchev–Trinajstić information content (AvgIpc) is 2.80. The number of nitrogens with zero attached hydrogens (tertiary/aromatic N) is 4. The standard InChI is InChI=1S/C15H22N4O2S/c1-10-13(17-15(16-3)22-4)9-19(14(10)21)12-5-7-18(8-6-12)11(2)20/h12H,3,5-9H2,1-2,4H3. The molecule has 0 spiro atoms. The number of hydrogen-bond donors (Lipinski definition) is 0. The zero-order valence-electron chi connectivity index (χ0n) is 13.3. The quantitative estimate of drug-likeness (QED) is 0.572. The minimum absolute atomic E-state index is 0.0459. The van der Waals surface area contributed by atoms with Crippen LogP contribution in [0.1, 0.15) is 26.7 Å². The van der Waals surface area contributed by atoms with Crippen LogP contribution in [0.3, 0.4) is 0 Å². The van der Waals surface area contributed by atoms with Gasteiger partial charge in [-0.15, -0.1) is 0 Å². The molecule has 2 amide bonds. The molecule has 2 aliphatic rings. The van der Waals surface area contributed by atoms with Crippen molar-refractivity contribution in [2.75, 3.05) is 25.9 Å². The van der Waals surface area contributed by atoms with E-state index in [0.717, 1.165) is 18.5 Å². The topological polar surface area (TPSA) is 65.3 Å². The first-order valence-corrected chi connectivity index (χ1v) is 8.56. The summed E-state index contributed by atoms with van der Waals surface area (Å²) in [6.07, 6.45) is 3.53.